The van der Waals surface area contributed by atoms with Crippen LogP contribution < -0.4 is 4.74 Å². The van der Waals surface area contributed by atoms with Crippen molar-refractivity contribution < 1.29 is 9.47 Å². The van der Waals surface area contributed by atoms with Crippen LogP contribution in [0, 0.1) is 6.92 Å². The van der Waals surface area contributed by atoms with Gasteiger partial charge in [-0.1, -0.05) is 18.2 Å². The van der Waals surface area contributed by atoms with Crippen molar-refractivity contribution in [3.63, 3.8) is 0 Å². The third-order valence-electron chi connectivity index (χ3n) is 2.07. The molecule has 0 fully saturated rings. The van der Waals surface area contributed by atoms with Gasteiger partial charge in [-0.15, -0.1) is 6.58 Å². The third kappa shape index (κ3) is 4.66. The van der Waals surface area contributed by atoms with Crippen molar-refractivity contribution in [2.24, 2.45) is 0 Å². The zero-order valence-corrected chi connectivity index (χ0v) is 9.40. The maximum atomic E-state index is 5.45. The van der Waals surface area contributed by atoms with E-state index in [0.717, 1.165) is 12.2 Å². The predicted molar refractivity (Wildman–Crippen MR) is 62.0 cm³/mol. The topological polar surface area (TPSA) is 18.5 Å². The minimum absolute atomic E-state index is 0.160. The van der Waals surface area contributed by atoms with Crippen molar-refractivity contribution in [1.29, 1.82) is 0 Å². The fourth-order valence-corrected chi connectivity index (χ4v) is 1.23. The lowest BCUT2D eigenvalue weighted by Crippen LogP contribution is -2.11. The molecule has 2 heteroatoms. The van der Waals surface area contributed by atoms with E-state index in [9.17, 15) is 0 Å². The van der Waals surface area contributed by atoms with Gasteiger partial charge in [0, 0.05) is 0 Å². The fourth-order valence-electron chi connectivity index (χ4n) is 1.23. The van der Waals surface area contributed by atoms with Gasteiger partial charge in [0.2, 0.25) is 0 Å². The van der Waals surface area contributed by atoms with Gasteiger partial charge in [-0.3, -0.25) is 0 Å². The molecule has 1 aromatic carbocycles. The standard InChI is InChI=1S/C13H18O2/c1-4-6-12(3)14-10-15-13-8-5-7-11(2)9-13/h4-5,7-9,12H,1,6,10H2,2-3H3. The third-order valence-corrected chi connectivity index (χ3v) is 2.07. The second-order valence-corrected chi connectivity index (χ2v) is 3.58. The SMILES string of the molecule is C=CCC(C)OCOc1cccc(C)c1. The molecule has 2 nitrogen and oxygen atoms in total. The molecule has 1 atom stereocenters. The fraction of sp³-hybridized carbons (Fsp3) is 0.385. The van der Waals surface area contributed by atoms with Gasteiger partial charge < -0.3 is 9.47 Å². The maximum absolute atomic E-state index is 5.45. The molecule has 0 spiro atoms. The highest BCUT2D eigenvalue weighted by Crippen LogP contribution is 2.12. The summed E-state index contributed by atoms with van der Waals surface area (Å²) in [6, 6.07) is 7.92. The molecule has 0 heterocycles. The van der Waals surface area contributed by atoms with Gasteiger partial charge in [-0.2, -0.15) is 0 Å². The largest absolute Gasteiger partial charge is 0.468 e. The molecule has 0 aliphatic carbocycles. The summed E-state index contributed by atoms with van der Waals surface area (Å²) in [6.07, 6.45) is 2.85. The average molecular weight is 206 g/mol. The number of hydrogen-bond acceptors (Lipinski definition) is 2. The Morgan fingerprint density at radius 2 is 2.27 bits per heavy atom. The molecule has 1 aromatic rings. The first-order chi connectivity index (χ1) is 7.22. The molecule has 1 unspecified atom stereocenters. The van der Waals surface area contributed by atoms with Gasteiger partial charge in [0.05, 0.1) is 6.10 Å². The maximum Gasteiger partial charge on any atom is 0.189 e. The lowest BCUT2D eigenvalue weighted by molar-refractivity contribution is -0.0264. The zero-order valence-electron chi connectivity index (χ0n) is 9.40. The smallest absolute Gasteiger partial charge is 0.189 e. The Labute approximate surface area is 91.5 Å². The van der Waals surface area contributed by atoms with E-state index in [0.29, 0.717) is 6.79 Å². The number of ether oxygens (including phenoxy) is 2. The van der Waals surface area contributed by atoms with Gasteiger partial charge in [-0.05, 0) is 38.0 Å². The lowest BCUT2D eigenvalue weighted by Gasteiger charge is -2.12. The molecule has 0 aromatic heterocycles. The van der Waals surface area contributed by atoms with Crippen LogP contribution in [0.2, 0.25) is 0 Å². The van der Waals surface area contributed by atoms with Gasteiger partial charge >= 0.3 is 0 Å². The average Bonchev–Trinajstić information content (AvgIpc) is 2.18. The second-order valence-electron chi connectivity index (χ2n) is 3.58. The molecule has 0 aliphatic rings. The van der Waals surface area contributed by atoms with Crippen molar-refractivity contribution in [3.8, 4) is 5.75 Å². The van der Waals surface area contributed by atoms with Crippen LogP contribution in [0.15, 0.2) is 36.9 Å². The summed E-state index contributed by atoms with van der Waals surface area (Å²) in [5, 5.41) is 0. The highest BCUT2D eigenvalue weighted by molar-refractivity contribution is 5.27. The highest BCUT2D eigenvalue weighted by atomic mass is 16.7. The Hall–Kier alpha value is -1.28. The van der Waals surface area contributed by atoms with Crippen LogP contribution in [0.25, 0.3) is 0 Å². The van der Waals surface area contributed by atoms with E-state index >= 15 is 0 Å². The van der Waals surface area contributed by atoms with E-state index < -0.39 is 0 Å². The van der Waals surface area contributed by atoms with Gasteiger partial charge in [-0.25, -0.2) is 0 Å². The molecule has 0 aliphatic heterocycles. The second kappa shape index (κ2) is 6.25. The molecule has 0 saturated carbocycles. The highest BCUT2D eigenvalue weighted by Gasteiger charge is 1.99. The van der Waals surface area contributed by atoms with Crippen LogP contribution in [0.4, 0.5) is 0 Å². The summed E-state index contributed by atoms with van der Waals surface area (Å²) >= 11 is 0. The van der Waals surface area contributed by atoms with Gasteiger partial charge in [0.25, 0.3) is 0 Å². The first kappa shape index (κ1) is 11.8. The molecular weight excluding hydrogens is 188 g/mol. The van der Waals surface area contributed by atoms with E-state index in [-0.39, 0.29) is 6.10 Å². The first-order valence-corrected chi connectivity index (χ1v) is 5.14. The molecule has 82 valence electrons. The van der Waals surface area contributed by atoms with Crippen LogP contribution in [-0.4, -0.2) is 12.9 Å². The number of hydrogen-bond donors (Lipinski definition) is 0. The molecule has 0 amide bonds. The van der Waals surface area contributed by atoms with Crippen LogP contribution >= 0.6 is 0 Å². The number of rotatable bonds is 6. The summed E-state index contributed by atoms with van der Waals surface area (Å²) in [4.78, 5) is 0. The summed E-state index contributed by atoms with van der Waals surface area (Å²) < 4.78 is 10.9. The summed E-state index contributed by atoms with van der Waals surface area (Å²) in [5.41, 5.74) is 1.19. The predicted octanol–water partition coefficient (Wildman–Crippen LogP) is 3.31. The summed E-state index contributed by atoms with van der Waals surface area (Å²) in [6.45, 7) is 7.98. The lowest BCUT2D eigenvalue weighted by atomic mass is 10.2. The minimum Gasteiger partial charge on any atom is -0.468 e. The van der Waals surface area contributed by atoms with Crippen LogP contribution in [0.5, 0.6) is 5.75 Å². The molecule has 15 heavy (non-hydrogen) atoms. The van der Waals surface area contributed by atoms with Crippen molar-refractivity contribution in [2.75, 3.05) is 6.79 Å². The van der Waals surface area contributed by atoms with Crippen LogP contribution in [0.1, 0.15) is 18.9 Å². The Kier molecular flexibility index (Phi) is 4.91. The minimum atomic E-state index is 0.160. The quantitative estimate of drug-likeness (QED) is 0.525. The Morgan fingerprint density at radius 1 is 1.47 bits per heavy atom. The molecule has 0 N–H and O–H groups in total. The molecule has 0 saturated heterocycles. The monoisotopic (exact) mass is 206 g/mol. The summed E-state index contributed by atoms with van der Waals surface area (Å²) in [5.74, 6) is 0.848. The van der Waals surface area contributed by atoms with Crippen molar-refractivity contribution in [2.45, 2.75) is 26.4 Å². The zero-order chi connectivity index (χ0) is 11.1. The normalized spacial score (nSPS) is 12.1. The van der Waals surface area contributed by atoms with Crippen LogP contribution in [0.3, 0.4) is 0 Å². The van der Waals surface area contributed by atoms with Crippen molar-refractivity contribution in [1.82, 2.24) is 0 Å². The van der Waals surface area contributed by atoms with Crippen molar-refractivity contribution >= 4 is 0 Å². The van der Waals surface area contributed by atoms with E-state index in [1.807, 2.05) is 44.2 Å². The molecule has 1 rings (SSSR count). The first-order valence-electron chi connectivity index (χ1n) is 5.14. The Morgan fingerprint density at radius 3 is 2.93 bits per heavy atom. The van der Waals surface area contributed by atoms with Crippen LogP contribution in [-0.2, 0) is 4.74 Å². The van der Waals surface area contributed by atoms with E-state index in [1.165, 1.54) is 5.56 Å². The molecular formula is C13H18O2. The van der Waals surface area contributed by atoms with Crippen molar-refractivity contribution in [3.05, 3.63) is 42.5 Å². The number of aryl methyl sites for hydroxylation is 1. The van der Waals surface area contributed by atoms with Gasteiger partial charge in [0.1, 0.15) is 5.75 Å². The Bertz CT molecular complexity index is 307. The van der Waals surface area contributed by atoms with E-state index in [2.05, 4.69) is 6.58 Å². The molecule has 0 radical (unpaired) electrons. The van der Waals surface area contributed by atoms with E-state index in [1.54, 1.807) is 0 Å². The summed E-state index contributed by atoms with van der Waals surface area (Å²) in [7, 11) is 0. The number of benzene rings is 1. The Balaban J connectivity index is 2.28. The molecule has 0 bridgehead atoms. The van der Waals surface area contributed by atoms with E-state index in [4.69, 9.17) is 9.47 Å². The van der Waals surface area contributed by atoms with Gasteiger partial charge in [0.15, 0.2) is 6.79 Å².